The Morgan fingerprint density at radius 3 is 2.67 bits per heavy atom. The van der Waals surface area contributed by atoms with Gasteiger partial charge in [0, 0.05) is 11.3 Å². The Hall–Kier alpha value is -0.620. The van der Waals surface area contributed by atoms with Crippen LogP contribution in [0.25, 0.3) is 0 Å². The number of tetrazole rings is 1. The minimum Gasteiger partial charge on any atom is -0.327 e. The van der Waals surface area contributed by atoms with Gasteiger partial charge in [-0.25, -0.2) is 4.68 Å². The van der Waals surface area contributed by atoms with Gasteiger partial charge in [-0.3, -0.25) is 0 Å². The van der Waals surface area contributed by atoms with Crippen LogP contribution in [0.2, 0.25) is 0 Å². The van der Waals surface area contributed by atoms with E-state index in [0.29, 0.717) is 11.3 Å². The van der Waals surface area contributed by atoms with Gasteiger partial charge in [-0.05, 0) is 54.4 Å². The highest BCUT2D eigenvalue weighted by atomic mass is 32.2. The zero-order chi connectivity index (χ0) is 14.8. The molecule has 0 spiro atoms. The van der Waals surface area contributed by atoms with Gasteiger partial charge in [0.25, 0.3) is 0 Å². The summed E-state index contributed by atoms with van der Waals surface area (Å²) in [6.07, 6.45) is 8.61. The van der Waals surface area contributed by atoms with E-state index < -0.39 is 0 Å². The van der Waals surface area contributed by atoms with E-state index in [1.807, 2.05) is 11.8 Å². The summed E-state index contributed by atoms with van der Waals surface area (Å²) in [7, 11) is 0. The number of aromatic nitrogens is 4. The largest absolute Gasteiger partial charge is 0.327 e. The van der Waals surface area contributed by atoms with E-state index in [9.17, 15) is 0 Å². The second-order valence-electron chi connectivity index (χ2n) is 6.98. The molecule has 0 radical (unpaired) electrons. The Kier molecular flexibility index (Phi) is 4.84. The van der Waals surface area contributed by atoms with Gasteiger partial charge in [0.2, 0.25) is 5.16 Å². The third-order valence-electron chi connectivity index (χ3n) is 5.22. The van der Waals surface area contributed by atoms with Crippen molar-refractivity contribution in [2.24, 2.45) is 17.6 Å². The number of hydrogen-bond donors (Lipinski definition) is 1. The van der Waals surface area contributed by atoms with Gasteiger partial charge in [-0.15, -0.1) is 5.10 Å². The van der Waals surface area contributed by atoms with Gasteiger partial charge >= 0.3 is 0 Å². The number of thioether (sulfide) groups is 1. The highest BCUT2D eigenvalue weighted by Gasteiger charge is 2.32. The maximum atomic E-state index is 6.36. The molecule has 21 heavy (non-hydrogen) atoms. The van der Waals surface area contributed by atoms with Crippen molar-refractivity contribution in [1.82, 2.24) is 20.2 Å². The molecule has 1 heterocycles. The van der Waals surface area contributed by atoms with Crippen LogP contribution >= 0.6 is 11.8 Å². The zero-order valence-corrected chi connectivity index (χ0v) is 13.9. The lowest BCUT2D eigenvalue weighted by molar-refractivity contribution is 0.265. The normalized spacial score (nSPS) is 31.1. The van der Waals surface area contributed by atoms with Crippen LogP contribution < -0.4 is 5.73 Å². The third kappa shape index (κ3) is 3.42. The Morgan fingerprint density at radius 1 is 1.19 bits per heavy atom. The minimum atomic E-state index is 0.277. The summed E-state index contributed by atoms with van der Waals surface area (Å²) >= 11 is 1.82. The fraction of sp³-hybridized carbons (Fsp3) is 0.933. The second kappa shape index (κ2) is 6.65. The lowest BCUT2D eigenvalue weighted by Crippen LogP contribution is -2.39. The smallest absolute Gasteiger partial charge is 0.209 e. The van der Waals surface area contributed by atoms with E-state index in [-0.39, 0.29) is 6.04 Å². The van der Waals surface area contributed by atoms with Crippen LogP contribution in [0.4, 0.5) is 0 Å². The molecular weight excluding hydrogens is 282 g/mol. The molecule has 0 aromatic carbocycles. The zero-order valence-electron chi connectivity index (χ0n) is 13.1. The van der Waals surface area contributed by atoms with Gasteiger partial charge < -0.3 is 5.73 Å². The molecule has 2 N–H and O–H groups in total. The van der Waals surface area contributed by atoms with Crippen molar-refractivity contribution in [1.29, 1.82) is 0 Å². The quantitative estimate of drug-likeness (QED) is 0.925. The summed E-state index contributed by atoms with van der Waals surface area (Å²) < 4.78 is 2.06. The number of rotatable bonds is 4. The first-order valence-electron chi connectivity index (χ1n) is 8.35. The predicted molar refractivity (Wildman–Crippen MR) is 85.1 cm³/mol. The van der Waals surface area contributed by atoms with Crippen molar-refractivity contribution in [2.75, 3.05) is 0 Å². The number of hydrogen-bond acceptors (Lipinski definition) is 5. The average Bonchev–Trinajstić information content (AvgIpc) is 3.11. The maximum Gasteiger partial charge on any atom is 0.209 e. The van der Waals surface area contributed by atoms with Crippen molar-refractivity contribution in [2.45, 2.75) is 81.3 Å². The summed E-state index contributed by atoms with van der Waals surface area (Å²) in [6, 6.07) is 0.780. The molecule has 3 unspecified atom stereocenters. The average molecular weight is 309 g/mol. The molecule has 2 aliphatic carbocycles. The summed E-state index contributed by atoms with van der Waals surface area (Å²) in [5, 5.41) is 13.9. The highest BCUT2D eigenvalue weighted by Crippen LogP contribution is 2.39. The first-order chi connectivity index (χ1) is 10.1. The Balaban J connectivity index is 1.69. The minimum absolute atomic E-state index is 0.277. The van der Waals surface area contributed by atoms with Crippen LogP contribution in [-0.2, 0) is 0 Å². The number of nitrogens with two attached hydrogens (primary N) is 1. The van der Waals surface area contributed by atoms with Crippen LogP contribution in [0.5, 0.6) is 0 Å². The first kappa shape index (κ1) is 15.3. The first-order valence-corrected chi connectivity index (χ1v) is 9.23. The molecule has 2 aliphatic rings. The monoisotopic (exact) mass is 309 g/mol. The molecular formula is C15H27N5S. The summed E-state index contributed by atoms with van der Waals surface area (Å²) in [5.41, 5.74) is 6.36. The summed E-state index contributed by atoms with van der Waals surface area (Å²) in [4.78, 5) is 0. The molecule has 0 aliphatic heterocycles. The van der Waals surface area contributed by atoms with Crippen molar-refractivity contribution in [3.05, 3.63) is 0 Å². The summed E-state index contributed by atoms with van der Waals surface area (Å²) in [5.74, 6) is 1.53. The fourth-order valence-corrected chi connectivity index (χ4v) is 5.00. The maximum absolute atomic E-state index is 6.36. The van der Waals surface area contributed by atoms with Gasteiger partial charge in [-0.2, -0.15) is 0 Å². The lowest BCUT2D eigenvalue weighted by atomic mass is 9.79. The van der Waals surface area contributed by atoms with Crippen LogP contribution in [0.15, 0.2) is 5.16 Å². The molecule has 3 rings (SSSR count). The molecule has 6 heteroatoms. The van der Waals surface area contributed by atoms with Crippen molar-refractivity contribution < 1.29 is 0 Å². The summed E-state index contributed by atoms with van der Waals surface area (Å²) in [6.45, 7) is 4.65. The van der Waals surface area contributed by atoms with Crippen molar-refractivity contribution in [3.8, 4) is 0 Å². The van der Waals surface area contributed by atoms with Gasteiger partial charge in [-0.1, -0.05) is 38.5 Å². The molecule has 3 atom stereocenters. The van der Waals surface area contributed by atoms with Crippen molar-refractivity contribution >= 4 is 11.8 Å². The molecule has 2 fully saturated rings. The van der Waals surface area contributed by atoms with Gasteiger partial charge in [0.1, 0.15) is 0 Å². The third-order valence-corrected chi connectivity index (χ3v) is 6.54. The Labute approximate surface area is 131 Å². The standard InChI is InChI=1S/C15H27N5S/c1-10(2)11-7-8-13(16)14(9-11)21-15-17-18-19-20(15)12-5-3-4-6-12/h10-14H,3-9,16H2,1-2H3. The molecule has 0 saturated heterocycles. The van der Waals surface area contributed by atoms with E-state index in [4.69, 9.17) is 5.73 Å². The van der Waals surface area contributed by atoms with Crippen LogP contribution in [-0.4, -0.2) is 31.5 Å². The highest BCUT2D eigenvalue weighted by molar-refractivity contribution is 7.99. The van der Waals surface area contributed by atoms with Gasteiger partial charge in [0.15, 0.2) is 0 Å². The Bertz CT molecular complexity index is 455. The van der Waals surface area contributed by atoms with Crippen molar-refractivity contribution in [3.63, 3.8) is 0 Å². The van der Waals surface area contributed by atoms with E-state index in [1.165, 1.54) is 38.5 Å². The lowest BCUT2D eigenvalue weighted by Gasteiger charge is -2.35. The topological polar surface area (TPSA) is 69.6 Å². The molecule has 0 amide bonds. The molecule has 1 aromatic heterocycles. The molecule has 1 aromatic rings. The van der Waals surface area contributed by atoms with Crippen LogP contribution in [0.1, 0.15) is 64.8 Å². The van der Waals surface area contributed by atoms with Gasteiger partial charge in [0.05, 0.1) is 6.04 Å². The fourth-order valence-electron chi connectivity index (χ4n) is 3.70. The van der Waals surface area contributed by atoms with Crippen LogP contribution in [0, 0.1) is 11.8 Å². The Morgan fingerprint density at radius 2 is 1.95 bits per heavy atom. The van der Waals surface area contributed by atoms with E-state index in [0.717, 1.165) is 23.4 Å². The molecule has 0 bridgehead atoms. The molecule has 2 saturated carbocycles. The van der Waals surface area contributed by atoms with E-state index in [1.54, 1.807) is 0 Å². The number of nitrogens with zero attached hydrogens (tertiary/aromatic N) is 4. The van der Waals surface area contributed by atoms with E-state index >= 15 is 0 Å². The molecule has 5 nitrogen and oxygen atoms in total. The SMILES string of the molecule is CC(C)C1CCC(N)C(Sc2nnnn2C2CCCC2)C1. The van der Waals surface area contributed by atoms with E-state index in [2.05, 4.69) is 34.1 Å². The molecule has 118 valence electrons. The second-order valence-corrected chi connectivity index (χ2v) is 8.19. The van der Waals surface area contributed by atoms with Crippen LogP contribution in [0.3, 0.4) is 0 Å². The predicted octanol–water partition coefficient (Wildman–Crippen LogP) is 3.03.